The highest BCUT2D eigenvalue weighted by atomic mass is 19.1. The van der Waals surface area contributed by atoms with Crippen LogP contribution in [0.1, 0.15) is 18.4 Å². The van der Waals surface area contributed by atoms with Crippen LogP contribution >= 0.6 is 0 Å². The summed E-state index contributed by atoms with van der Waals surface area (Å²) in [6.07, 6.45) is 7.93. The number of aryl methyl sites for hydroxylation is 1. The first-order valence-corrected chi connectivity index (χ1v) is 8.09. The summed E-state index contributed by atoms with van der Waals surface area (Å²) in [6, 6.07) is 8.84. The fraction of sp³-hybridized carbons (Fsp3) is 0.263. The third kappa shape index (κ3) is 3.15. The highest BCUT2D eigenvalue weighted by molar-refractivity contribution is 5.58. The Morgan fingerprint density at radius 1 is 1.21 bits per heavy atom. The molecule has 0 unspecified atom stereocenters. The number of aromatic nitrogens is 3. The Hall–Kier alpha value is -2.69. The van der Waals surface area contributed by atoms with E-state index < -0.39 is 0 Å². The van der Waals surface area contributed by atoms with Crippen LogP contribution in [0.4, 0.5) is 4.39 Å². The predicted molar refractivity (Wildman–Crippen MR) is 89.7 cm³/mol. The van der Waals surface area contributed by atoms with E-state index in [0.29, 0.717) is 17.4 Å². The highest BCUT2D eigenvalue weighted by Gasteiger charge is 2.22. The summed E-state index contributed by atoms with van der Waals surface area (Å²) in [4.78, 5) is 8.76. The molecule has 24 heavy (non-hydrogen) atoms. The summed E-state index contributed by atoms with van der Waals surface area (Å²) in [7, 11) is 0. The second kappa shape index (κ2) is 6.07. The summed E-state index contributed by atoms with van der Waals surface area (Å²) in [5.74, 6) is 1.16. The van der Waals surface area contributed by atoms with Crippen molar-refractivity contribution < 1.29 is 9.13 Å². The van der Waals surface area contributed by atoms with Gasteiger partial charge in [0.05, 0.1) is 18.6 Å². The normalized spacial score (nSPS) is 13.9. The second-order valence-corrected chi connectivity index (χ2v) is 6.24. The Labute approximate surface area is 140 Å². The maximum Gasteiger partial charge on any atom is 0.213 e. The van der Waals surface area contributed by atoms with E-state index >= 15 is 0 Å². The molecule has 0 N–H and O–H groups in total. The standard InChI is InChI=1S/C19H18FN3O/c1-13-8-16(5-6-17(13)20)23-10-18(22-12-23)15-4-7-19(21-9-15)24-11-14-2-3-14/h4-10,12,14H,2-3,11H2,1H3. The molecule has 0 atom stereocenters. The number of benzene rings is 1. The SMILES string of the molecule is Cc1cc(-n2cnc(-c3ccc(OCC4CC4)nc3)c2)ccc1F. The Kier molecular flexibility index (Phi) is 3.76. The Balaban J connectivity index is 1.52. The molecule has 1 fully saturated rings. The Morgan fingerprint density at radius 2 is 2.08 bits per heavy atom. The van der Waals surface area contributed by atoms with Gasteiger partial charge in [0.15, 0.2) is 0 Å². The average molecular weight is 323 g/mol. The van der Waals surface area contributed by atoms with E-state index in [1.165, 1.54) is 18.9 Å². The lowest BCUT2D eigenvalue weighted by Gasteiger charge is -2.05. The highest BCUT2D eigenvalue weighted by Crippen LogP contribution is 2.29. The molecule has 122 valence electrons. The summed E-state index contributed by atoms with van der Waals surface area (Å²) in [6.45, 7) is 2.51. The molecule has 1 aliphatic carbocycles. The molecule has 0 radical (unpaired) electrons. The van der Waals surface area contributed by atoms with Gasteiger partial charge in [0.25, 0.3) is 0 Å². The molecule has 1 aliphatic rings. The fourth-order valence-corrected chi connectivity index (χ4v) is 2.51. The van der Waals surface area contributed by atoms with E-state index in [9.17, 15) is 4.39 Å². The topological polar surface area (TPSA) is 39.9 Å². The third-order valence-electron chi connectivity index (χ3n) is 4.22. The van der Waals surface area contributed by atoms with Gasteiger partial charge in [-0.2, -0.15) is 0 Å². The van der Waals surface area contributed by atoms with Gasteiger partial charge in [-0.3, -0.25) is 0 Å². The Bertz CT molecular complexity index is 853. The largest absolute Gasteiger partial charge is 0.477 e. The van der Waals surface area contributed by atoms with E-state index in [4.69, 9.17) is 4.74 Å². The van der Waals surface area contributed by atoms with Gasteiger partial charge in [-0.15, -0.1) is 0 Å². The molecule has 1 aromatic carbocycles. The smallest absolute Gasteiger partial charge is 0.213 e. The van der Waals surface area contributed by atoms with Crippen LogP contribution in [0.2, 0.25) is 0 Å². The van der Waals surface area contributed by atoms with Crippen LogP contribution in [-0.2, 0) is 0 Å². The van der Waals surface area contributed by atoms with Crippen molar-refractivity contribution in [1.82, 2.24) is 14.5 Å². The zero-order valence-corrected chi connectivity index (χ0v) is 13.4. The summed E-state index contributed by atoms with van der Waals surface area (Å²) >= 11 is 0. The molecule has 4 nitrogen and oxygen atoms in total. The van der Waals surface area contributed by atoms with Gasteiger partial charge < -0.3 is 9.30 Å². The van der Waals surface area contributed by atoms with E-state index in [-0.39, 0.29) is 5.82 Å². The van der Waals surface area contributed by atoms with Crippen molar-refractivity contribution in [1.29, 1.82) is 0 Å². The minimum absolute atomic E-state index is 0.204. The quantitative estimate of drug-likeness (QED) is 0.707. The van der Waals surface area contributed by atoms with E-state index in [1.54, 1.807) is 31.6 Å². The van der Waals surface area contributed by atoms with Crippen molar-refractivity contribution in [3.63, 3.8) is 0 Å². The van der Waals surface area contributed by atoms with E-state index in [2.05, 4.69) is 9.97 Å². The van der Waals surface area contributed by atoms with Crippen LogP contribution in [0.5, 0.6) is 5.88 Å². The molecule has 0 saturated heterocycles. The third-order valence-corrected chi connectivity index (χ3v) is 4.22. The van der Waals surface area contributed by atoms with Gasteiger partial charge in [-0.1, -0.05) is 0 Å². The van der Waals surface area contributed by atoms with Crippen molar-refractivity contribution in [2.24, 2.45) is 5.92 Å². The molecule has 0 spiro atoms. The van der Waals surface area contributed by atoms with Crippen LogP contribution in [0.15, 0.2) is 49.1 Å². The van der Waals surface area contributed by atoms with Crippen molar-refractivity contribution in [3.05, 3.63) is 60.4 Å². The predicted octanol–water partition coefficient (Wildman–Crippen LogP) is 4.17. The van der Waals surface area contributed by atoms with Crippen LogP contribution in [0.3, 0.4) is 0 Å². The molecule has 5 heteroatoms. The van der Waals surface area contributed by atoms with Crippen molar-refractivity contribution >= 4 is 0 Å². The summed E-state index contributed by atoms with van der Waals surface area (Å²) in [5, 5.41) is 0. The number of hydrogen-bond donors (Lipinski definition) is 0. The molecule has 0 aliphatic heterocycles. The molecular weight excluding hydrogens is 305 g/mol. The number of pyridine rings is 1. The van der Waals surface area contributed by atoms with Crippen LogP contribution < -0.4 is 4.74 Å². The second-order valence-electron chi connectivity index (χ2n) is 6.24. The van der Waals surface area contributed by atoms with Gasteiger partial charge >= 0.3 is 0 Å². The van der Waals surface area contributed by atoms with Gasteiger partial charge in [-0.05, 0) is 55.5 Å². The van der Waals surface area contributed by atoms with Gasteiger partial charge in [0.1, 0.15) is 5.82 Å². The molecule has 2 aromatic heterocycles. The van der Waals surface area contributed by atoms with Crippen LogP contribution in [-0.4, -0.2) is 21.1 Å². The molecule has 0 amide bonds. The minimum Gasteiger partial charge on any atom is -0.477 e. The number of rotatable bonds is 5. The Morgan fingerprint density at radius 3 is 2.79 bits per heavy atom. The van der Waals surface area contributed by atoms with Crippen LogP contribution in [0, 0.1) is 18.7 Å². The zero-order valence-electron chi connectivity index (χ0n) is 13.4. The van der Waals surface area contributed by atoms with E-state index in [1.807, 2.05) is 22.9 Å². The summed E-state index contributed by atoms with van der Waals surface area (Å²) in [5.41, 5.74) is 3.23. The molecule has 3 aromatic rings. The van der Waals surface area contributed by atoms with Crippen LogP contribution in [0.25, 0.3) is 16.9 Å². The lowest BCUT2D eigenvalue weighted by atomic mass is 10.2. The number of hydrogen-bond acceptors (Lipinski definition) is 3. The van der Waals surface area contributed by atoms with Crippen molar-refractivity contribution in [2.45, 2.75) is 19.8 Å². The lowest BCUT2D eigenvalue weighted by molar-refractivity contribution is 0.288. The lowest BCUT2D eigenvalue weighted by Crippen LogP contribution is -2.00. The maximum absolute atomic E-state index is 13.4. The molecule has 4 rings (SSSR count). The van der Waals surface area contributed by atoms with Gasteiger partial charge in [0.2, 0.25) is 5.88 Å². The molecule has 1 saturated carbocycles. The van der Waals surface area contributed by atoms with E-state index in [0.717, 1.165) is 23.6 Å². The maximum atomic E-state index is 13.4. The van der Waals surface area contributed by atoms with Gasteiger partial charge in [0, 0.05) is 29.7 Å². The molecular formula is C19H18FN3O. The summed E-state index contributed by atoms with van der Waals surface area (Å²) < 4.78 is 20.9. The first-order chi connectivity index (χ1) is 11.7. The number of imidazole rings is 1. The van der Waals surface area contributed by atoms with Gasteiger partial charge in [-0.25, -0.2) is 14.4 Å². The number of nitrogens with zero attached hydrogens (tertiary/aromatic N) is 3. The first kappa shape index (κ1) is 14.9. The first-order valence-electron chi connectivity index (χ1n) is 8.09. The van der Waals surface area contributed by atoms with Crippen molar-refractivity contribution in [2.75, 3.05) is 6.61 Å². The monoisotopic (exact) mass is 323 g/mol. The zero-order chi connectivity index (χ0) is 16.5. The van der Waals surface area contributed by atoms with Crippen molar-refractivity contribution in [3.8, 4) is 22.8 Å². The molecule has 2 heterocycles. The number of halogens is 1. The molecule has 0 bridgehead atoms. The fourth-order valence-electron chi connectivity index (χ4n) is 2.51. The number of ether oxygens (including phenoxy) is 1. The minimum atomic E-state index is -0.204. The average Bonchev–Trinajstić information content (AvgIpc) is 3.30.